The number of carbonyl (C=O) groups excluding carboxylic acids is 2. The maximum absolute atomic E-state index is 12.2. The molecular weight excluding hydrogens is 416 g/mol. The fraction of sp³-hybridized carbons (Fsp3) is 0.263. The van der Waals surface area contributed by atoms with Crippen LogP contribution in [0.15, 0.2) is 40.9 Å². The third-order valence-electron chi connectivity index (χ3n) is 4.01. The molecule has 27 heavy (non-hydrogen) atoms. The highest BCUT2D eigenvalue weighted by Crippen LogP contribution is 2.37. The van der Waals surface area contributed by atoms with Gasteiger partial charge in [-0.2, -0.15) is 0 Å². The molecule has 2 aromatic carbocycles. The number of rotatable bonds is 6. The van der Waals surface area contributed by atoms with Crippen molar-refractivity contribution in [2.45, 2.75) is 13.0 Å². The second kappa shape index (κ2) is 8.30. The van der Waals surface area contributed by atoms with Gasteiger partial charge in [0.1, 0.15) is 19.0 Å². The highest BCUT2D eigenvalue weighted by atomic mass is 79.9. The number of hydrogen-bond acceptors (Lipinski definition) is 5. The van der Waals surface area contributed by atoms with Crippen molar-refractivity contribution in [3.8, 4) is 17.2 Å². The van der Waals surface area contributed by atoms with Gasteiger partial charge in [0, 0.05) is 10.0 Å². The van der Waals surface area contributed by atoms with Gasteiger partial charge in [-0.15, -0.1) is 0 Å². The number of carbonyl (C=O) groups is 2. The second-order valence-electron chi connectivity index (χ2n) is 5.98. The van der Waals surface area contributed by atoms with Crippen LogP contribution in [-0.2, 0) is 4.79 Å². The van der Waals surface area contributed by atoms with Gasteiger partial charge in [0.25, 0.3) is 5.91 Å². The number of amides is 2. The maximum Gasteiger partial charge on any atom is 0.258 e. The Kier molecular flexibility index (Phi) is 5.85. The third-order valence-corrected chi connectivity index (χ3v) is 4.70. The molecule has 1 aliphatic heterocycles. The first-order valence-electron chi connectivity index (χ1n) is 8.35. The predicted molar refractivity (Wildman–Crippen MR) is 102 cm³/mol. The summed E-state index contributed by atoms with van der Waals surface area (Å²) in [5, 5.41) is 2.88. The number of halogens is 1. The van der Waals surface area contributed by atoms with Crippen LogP contribution in [0.1, 0.15) is 28.9 Å². The molecule has 2 aromatic rings. The fourth-order valence-electron chi connectivity index (χ4n) is 2.64. The van der Waals surface area contributed by atoms with Gasteiger partial charge in [-0.3, -0.25) is 9.59 Å². The lowest BCUT2D eigenvalue weighted by Crippen LogP contribution is -2.31. The Morgan fingerprint density at radius 2 is 1.81 bits per heavy atom. The summed E-state index contributed by atoms with van der Waals surface area (Å²) in [6.07, 6.45) is 0. The topological polar surface area (TPSA) is 99.9 Å². The van der Waals surface area contributed by atoms with Crippen LogP contribution < -0.4 is 25.3 Å². The minimum absolute atomic E-state index is 0.150. The Morgan fingerprint density at radius 1 is 1.19 bits per heavy atom. The van der Waals surface area contributed by atoms with Gasteiger partial charge in [0.05, 0.1) is 6.04 Å². The molecule has 8 heteroatoms. The van der Waals surface area contributed by atoms with Crippen molar-refractivity contribution >= 4 is 27.7 Å². The van der Waals surface area contributed by atoms with E-state index in [0.717, 1.165) is 10.0 Å². The van der Waals surface area contributed by atoms with Crippen molar-refractivity contribution in [3.63, 3.8) is 0 Å². The van der Waals surface area contributed by atoms with Gasteiger partial charge in [-0.05, 0) is 48.9 Å². The molecular formula is C19H19BrN2O5. The molecule has 0 aliphatic carbocycles. The molecule has 0 saturated heterocycles. The van der Waals surface area contributed by atoms with Crippen molar-refractivity contribution in [1.29, 1.82) is 0 Å². The average Bonchev–Trinajstić information content (AvgIpc) is 2.66. The van der Waals surface area contributed by atoms with Crippen molar-refractivity contribution < 1.29 is 23.8 Å². The highest BCUT2D eigenvalue weighted by molar-refractivity contribution is 9.10. The van der Waals surface area contributed by atoms with Gasteiger partial charge in [0.15, 0.2) is 18.1 Å². The van der Waals surface area contributed by atoms with E-state index in [1.54, 1.807) is 24.3 Å². The lowest BCUT2D eigenvalue weighted by atomic mass is 10.1. The van der Waals surface area contributed by atoms with E-state index in [1.165, 1.54) is 0 Å². The Hall–Kier alpha value is -2.74. The molecule has 7 nitrogen and oxygen atoms in total. The largest absolute Gasteiger partial charge is 0.486 e. The number of primary amides is 1. The Bertz CT molecular complexity index is 854. The first-order chi connectivity index (χ1) is 12.9. The van der Waals surface area contributed by atoms with Crippen molar-refractivity contribution in [2.24, 2.45) is 5.73 Å². The smallest absolute Gasteiger partial charge is 0.258 e. The minimum Gasteiger partial charge on any atom is -0.486 e. The first kappa shape index (κ1) is 19.0. The van der Waals surface area contributed by atoms with Crippen LogP contribution in [0.2, 0.25) is 0 Å². The Balaban J connectivity index is 1.58. The summed E-state index contributed by atoms with van der Waals surface area (Å²) in [4.78, 5) is 23.2. The van der Waals surface area contributed by atoms with Crippen LogP contribution in [-0.4, -0.2) is 31.6 Å². The Labute approximate surface area is 164 Å². The fourth-order valence-corrected chi connectivity index (χ4v) is 3.30. The summed E-state index contributed by atoms with van der Waals surface area (Å²) >= 11 is 3.50. The van der Waals surface area contributed by atoms with E-state index in [1.807, 2.05) is 19.1 Å². The molecule has 0 aromatic heterocycles. The molecule has 2 amide bonds. The van der Waals surface area contributed by atoms with E-state index in [0.29, 0.717) is 36.0 Å². The van der Waals surface area contributed by atoms with E-state index >= 15 is 0 Å². The summed E-state index contributed by atoms with van der Waals surface area (Å²) in [6, 6.07) is 9.71. The van der Waals surface area contributed by atoms with Crippen LogP contribution in [0.25, 0.3) is 0 Å². The summed E-state index contributed by atoms with van der Waals surface area (Å²) < 4.78 is 17.4. The van der Waals surface area contributed by atoms with E-state index in [2.05, 4.69) is 21.2 Å². The summed E-state index contributed by atoms with van der Waals surface area (Å²) in [5.74, 6) is 1.02. The van der Waals surface area contributed by atoms with E-state index in [-0.39, 0.29) is 18.6 Å². The zero-order valence-electron chi connectivity index (χ0n) is 14.7. The van der Waals surface area contributed by atoms with E-state index < -0.39 is 5.91 Å². The SMILES string of the molecule is CC(NC(=O)COc1ccc(C(N)=O)cc1)c1cc2c(cc1Br)OCCO2. The molecule has 1 atom stereocenters. The van der Waals surface area contributed by atoms with Crippen LogP contribution >= 0.6 is 15.9 Å². The van der Waals surface area contributed by atoms with Crippen molar-refractivity contribution in [3.05, 3.63) is 52.0 Å². The third kappa shape index (κ3) is 4.71. The molecule has 0 bridgehead atoms. The summed E-state index contributed by atoms with van der Waals surface area (Å²) in [5.41, 5.74) is 6.44. The quantitative estimate of drug-likeness (QED) is 0.727. The highest BCUT2D eigenvalue weighted by Gasteiger charge is 2.19. The monoisotopic (exact) mass is 434 g/mol. The zero-order chi connectivity index (χ0) is 19.4. The zero-order valence-corrected chi connectivity index (χ0v) is 16.2. The lowest BCUT2D eigenvalue weighted by molar-refractivity contribution is -0.123. The molecule has 0 saturated carbocycles. The molecule has 0 spiro atoms. The molecule has 1 aliphatic rings. The summed E-state index contributed by atoms with van der Waals surface area (Å²) in [6.45, 7) is 2.73. The minimum atomic E-state index is -0.516. The van der Waals surface area contributed by atoms with Crippen LogP contribution in [0, 0.1) is 0 Å². The van der Waals surface area contributed by atoms with Gasteiger partial charge >= 0.3 is 0 Å². The van der Waals surface area contributed by atoms with Crippen molar-refractivity contribution in [2.75, 3.05) is 19.8 Å². The van der Waals surface area contributed by atoms with Crippen LogP contribution in [0.5, 0.6) is 17.2 Å². The standard InChI is InChI=1S/C19H19BrN2O5/c1-11(14-8-16-17(9-15(14)20)26-7-6-25-16)22-18(23)10-27-13-4-2-12(3-5-13)19(21)24/h2-5,8-9,11H,6-7,10H2,1H3,(H2,21,24)(H,22,23). The number of ether oxygens (including phenoxy) is 3. The molecule has 1 unspecified atom stereocenters. The molecule has 0 radical (unpaired) electrons. The number of nitrogens with two attached hydrogens (primary N) is 1. The van der Waals surface area contributed by atoms with Gasteiger partial charge in [-0.25, -0.2) is 0 Å². The van der Waals surface area contributed by atoms with Crippen LogP contribution in [0.3, 0.4) is 0 Å². The van der Waals surface area contributed by atoms with Gasteiger partial charge < -0.3 is 25.3 Å². The van der Waals surface area contributed by atoms with E-state index in [4.69, 9.17) is 19.9 Å². The molecule has 1 heterocycles. The normalized spacial score (nSPS) is 13.6. The number of nitrogens with one attached hydrogen (secondary N) is 1. The van der Waals surface area contributed by atoms with Crippen molar-refractivity contribution in [1.82, 2.24) is 5.32 Å². The average molecular weight is 435 g/mol. The summed E-state index contributed by atoms with van der Waals surface area (Å²) in [7, 11) is 0. The molecule has 142 valence electrons. The maximum atomic E-state index is 12.2. The predicted octanol–water partition coefficient (Wildman–Crippen LogP) is 2.58. The molecule has 3 rings (SSSR count). The Morgan fingerprint density at radius 3 is 2.44 bits per heavy atom. The second-order valence-corrected chi connectivity index (χ2v) is 6.84. The van der Waals surface area contributed by atoms with Crippen LogP contribution in [0.4, 0.5) is 0 Å². The van der Waals surface area contributed by atoms with Gasteiger partial charge in [-0.1, -0.05) is 15.9 Å². The lowest BCUT2D eigenvalue weighted by Gasteiger charge is -2.22. The number of fused-ring (bicyclic) bond motifs is 1. The van der Waals surface area contributed by atoms with E-state index in [9.17, 15) is 9.59 Å². The molecule has 3 N–H and O–H groups in total. The van der Waals surface area contributed by atoms with Gasteiger partial charge in [0.2, 0.25) is 5.91 Å². The molecule has 0 fully saturated rings. The number of benzene rings is 2. The number of hydrogen-bond donors (Lipinski definition) is 2. The first-order valence-corrected chi connectivity index (χ1v) is 9.14.